The molecular formula is C12H14N6OS. The smallest absolute Gasteiger partial charge is 0.326 e. The number of nitrogens with zero attached hydrogens (tertiary/aromatic N) is 3. The lowest BCUT2D eigenvalue weighted by molar-refractivity contribution is 0.679. The first-order valence-corrected chi connectivity index (χ1v) is 7.21. The molecule has 0 aliphatic rings. The second kappa shape index (κ2) is 5.41. The van der Waals surface area contributed by atoms with Crippen molar-refractivity contribution in [2.24, 2.45) is 0 Å². The van der Waals surface area contributed by atoms with Crippen molar-refractivity contribution in [3.63, 3.8) is 0 Å². The largest absolute Gasteiger partial charge is 0.368 e. The molecule has 2 aromatic heterocycles. The fourth-order valence-corrected chi connectivity index (χ4v) is 2.77. The Hall–Kier alpha value is -2.22. The molecular weight excluding hydrogens is 276 g/mol. The first-order chi connectivity index (χ1) is 9.74. The van der Waals surface area contributed by atoms with Gasteiger partial charge in [0.05, 0.1) is 11.0 Å². The molecule has 0 fully saturated rings. The lowest BCUT2D eigenvalue weighted by Crippen LogP contribution is -2.17. The second-order valence-electron chi connectivity index (χ2n) is 4.30. The fourth-order valence-electron chi connectivity index (χ4n) is 2.04. The molecule has 0 aliphatic carbocycles. The summed E-state index contributed by atoms with van der Waals surface area (Å²) < 4.78 is 1.75. The van der Waals surface area contributed by atoms with E-state index >= 15 is 0 Å². The van der Waals surface area contributed by atoms with E-state index in [4.69, 9.17) is 5.73 Å². The van der Waals surface area contributed by atoms with Gasteiger partial charge < -0.3 is 10.7 Å². The van der Waals surface area contributed by atoms with E-state index in [2.05, 4.69) is 20.2 Å². The van der Waals surface area contributed by atoms with E-state index in [0.29, 0.717) is 17.6 Å². The number of imidazole rings is 1. The van der Waals surface area contributed by atoms with Gasteiger partial charge in [0, 0.05) is 12.3 Å². The van der Waals surface area contributed by atoms with Crippen LogP contribution in [0, 0.1) is 0 Å². The minimum atomic E-state index is -0.0710. The summed E-state index contributed by atoms with van der Waals surface area (Å²) in [6.07, 6.45) is 0.848. The molecule has 0 aliphatic heterocycles. The minimum Gasteiger partial charge on any atom is -0.368 e. The van der Waals surface area contributed by atoms with Crippen molar-refractivity contribution in [2.75, 3.05) is 11.5 Å². The van der Waals surface area contributed by atoms with E-state index in [9.17, 15) is 4.79 Å². The molecule has 0 radical (unpaired) electrons. The molecule has 0 saturated heterocycles. The van der Waals surface area contributed by atoms with Crippen LogP contribution in [-0.2, 0) is 6.54 Å². The third kappa shape index (κ3) is 2.55. The van der Waals surface area contributed by atoms with Gasteiger partial charge in [-0.25, -0.2) is 9.89 Å². The summed E-state index contributed by atoms with van der Waals surface area (Å²) in [6, 6.07) is 7.68. The zero-order chi connectivity index (χ0) is 13.9. The highest BCUT2D eigenvalue weighted by molar-refractivity contribution is 7.99. The van der Waals surface area contributed by atoms with E-state index in [1.807, 2.05) is 24.3 Å². The number of H-pyrrole nitrogens is 2. The summed E-state index contributed by atoms with van der Waals surface area (Å²) >= 11 is 1.52. The molecule has 7 nitrogen and oxygen atoms in total. The third-order valence-electron chi connectivity index (χ3n) is 2.92. The summed E-state index contributed by atoms with van der Waals surface area (Å²) in [5.74, 6) is 1.14. The Bertz CT molecular complexity index is 773. The van der Waals surface area contributed by atoms with E-state index < -0.39 is 0 Å². The molecule has 0 atom stereocenters. The Labute approximate surface area is 118 Å². The van der Waals surface area contributed by atoms with Crippen LogP contribution in [0.2, 0.25) is 0 Å². The quantitative estimate of drug-likeness (QED) is 0.484. The van der Waals surface area contributed by atoms with Gasteiger partial charge in [-0.2, -0.15) is 4.98 Å². The number of para-hydroxylation sites is 2. The highest BCUT2D eigenvalue weighted by Crippen LogP contribution is 2.15. The molecule has 2 heterocycles. The number of hydrogen-bond acceptors (Lipinski definition) is 5. The Morgan fingerprint density at radius 2 is 2.20 bits per heavy atom. The SMILES string of the molecule is Nc1nc(SCCCn2c(=O)[nH]c3ccccc32)n[nH]1. The highest BCUT2D eigenvalue weighted by atomic mass is 32.2. The average Bonchev–Trinajstić information content (AvgIpc) is 2.98. The lowest BCUT2D eigenvalue weighted by Gasteiger charge is -2.02. The Kier molecular flexibility index (Phi) is 3.46. The van der Waals surface area contributed by atoms with E-state index in [-0.39, 0.29) is 5.69 Å². The fraction of sp³-hybridized carbons (Fsp3) is 0.250. The van der Waals surface area contributed by atoms with Gasteiger partial charge in [0.2, 0.25) is 11.1 Å². The number of fused-ring (bicyclic) bond motifs is 1. The number of nitrogens with one attached hydrogen (secondary N) is 2. The highest BCUT2D eigenvalue weighted by Gasteiger charge is 2.06. The maximum Gasteiger partial charge on any atom is 0.326 e. The Morgan fingerprint density at radius 1 is 1.35 bits per heavy atom. The Balaban J connectivity index is 1.62. The average molecular weight is 290 g/mol. The predicted octanol–water partition coefficient (Wildman–Crippen LogP) is 1.21. The van der Waals surface area contributed by atoms with Gasteiger partial charge in [-0.05, 0) is 18.6 Å². The zero-order valence-electron chi connectivity index (χ0n) is 10.7. The number of thioether (sulfide) groups is 1. The van der Waals surface area contributed by atoms with Gasteiger partial charge in [0.1, 0.15) is 0 Å². The number of anilines is 1. The molecule has 104 valence electrons. The van der Waals surface area contributed by atoms with E-state index in [0.717, 1.165) is 23.2 Å². The molecule has 0 saturated carbocycles. The molecule has 1 aromatic carbocycles. The van der Waals surface area contributed by atoms with Crippen LogP contribution in [0.5, 0.6) is 0 Å². The molecule has 0 bridgehead atoms. The first-order valence-electron chi connectivity index (χ1n) is 6.22. The maximum atomic E-state index is 11.9. The molecule has 20 heavy (non-hydrogen) atoms. The van der Waals surface area contributed by atoms with Crippen molar-refractivity contribution >= 4 is 28.7 Å². The van der Waals surface area contributed by atoms with Gasteiger partial charge in [0.25, 0.3) is 0 Å². The summed E-state index contributed by atoms with van der Waals surface area (Å²) in [4.78, 5) is 18.7. The number of aromatic nitrogens is 5. The molecule has 0 amide bonds. The predicted molar refractivity (Wildman–Crippen MR) is 78.7 cm³/mol. The number of aryl methyl sites for hydroxylation is 1. The van der Waals surface area contributed by atoms with Crippen molar-refractivity contribution in [2.45, 2.75) is 18.1 Å². The van der Waals surface area contributed by atoms with Crippen LogP contribution in [0.25, 0.3) is 11.0 Å². The van der Waals surface area contributed by atoms with Crippen LogP contribution in [-0.4, -0.2) is 30.5 Å². The van der Waals surface area contributed by atoms with Gasteiger partial charge in [0.15, 0.2) is 0 Å². The summed E-state index contributed by atoms with van der Waals surface area (Å²) in [6.45, 7) is 0.662. The molecule has 0 unspecified atom stereocenters. The van der Waals surface area contributed by atoms with Crippen LogP contribution < -0.4 is 11.4 Å². The second-order valence-corrected chi connectivity index (χ2v) is 5.37. The monoisotopic (exact) mass is 290 g/mol. The van der Waals surface area contributed by atoms with Crippen LogP contribution in [0.3, 0.4) is 0 Å². The summed E-state index contributed by atoms with van der Waals surface area (Å²) in [7, 11) is 0. The van der Waals surface area contributed by atoms with Gasteiger partial charge in [-0.1, -0.05) is 23.9 Å². The number of rotatable bonds is 5. The van der Waals surface area contributed by atoms with Crippen molar-refractivity contribution in [3.8, 4) is 0 Å². The lowest BCUT2D eigenvalue weighted by atomic mass is 10.3. The Morgan fingerprint density at radius 3 is 3.00 bits per heavy atom. The molecule has 4 N–H and O–H groups in total. The number of aromatic amines is 2. The normalized spacial score (nSPS) is 11.2. The van der Waals surface area contributed by atoms with E-state index in [1.165, 1.54) is 11.8 Å². The van der Waals surface area contributed by atoms with Gasteiger partial charge in [-0.3, -0.25) is 4.57 Å². The van der Waals surface area contributed by atoms with Crippen molar-refractivity contribution < 1.29 is 0 Å². The van der Waals surface area contributed by atoms with Crippen LogP contribution in [0.15, 0.2) is 34.2 Å². The van der Waals surface area contributed by atoms with Crippen LogP contribution in [0.1, 0.15) is 6.42 Å². The number of nitrogen functional groups attached to an aromatic ring is 1. The number of benzene rings is 1. The van der Waals surface area contributed by atoms with Gasteiger partial charge >= 0.3 is 5.69 Å². The summed E-state index contributed by atoms with van der Waals surface area (Å²) in [5, 5.41) is 7.17. The van der Waals surface area contributed by atoms with Crippen molar-refractivity contribution in [3.05, 3.63) is 34.7 Å². The minimum absolute atomic E-state index is 0.0710. The van der Waals surface area contributed by atoms with Crippen LogP contribution in [0.4, 0.5) is 5.95 Å². The van der Waals surface area contributed by atoms with Gasteiger partial charge in [-0.15, -0.1) is 5.10 Å². The molecule has 3 aromatic rings. The van der Waals surface area contributed by atoms with E-state index in [1.54, 1.807) is 4.57 Å². The van der Waals surface area contributed by atoms with Crippen molar-refractivity contribution in [1.82, 2.24) is 24.7 Å². The zero-order valence-corrected chi connectivity index (χ0v) is 11.5. The summed E-state index contributed by atoms with van der Waals surface area (Å²) in [5.41, 5.74) is 7.18. The maximum absolute atomic E-state index is 11.9. The first kappa shape index (κ1) is 12.8. The molecule has 0 spiro atoms. The molecule has 3 rings (SSSR count). The topological polar surface area (TPSA) is 105 Å². The molecule has 8 heteroatoms. The van der Waals surface area contributed by atoms with Crippen molar-refractivity contribution in [1.29, 1.82) is 0 Å². The standard InChI is InChI=1S/C12H14N6OS/c13-10-15-11(17-16-10)20-7-3-6-18-9-5-2-1-4-8(9)14-12(18)19/h1-2,4-5H,3,6-7H2,(H,14,19)(H3,13,15,16,17). The number of nitrogens with two attached hydrogens (primary N) is 1. The number of hydrogen-bond donors (Lipinski definition) is 3. The third-order valence-corrected chi connectivity index (χ3v) is 3.85. The van der Waals surface area contributed by atoms with Crippen LogP contribution >= 0.6 is 11.8 Å².